The lowest BCUT2D eigenvalue weighted by molar-refractivity contribution is -0.149. The Morgan fingerprint density at radius 3 is 1.80 bits per heavy atom. The summed E-state index contributed by atoms with van der Waals surface area (Å²) in [4.78, 5) is 97.8. The van der Waals surface area contributed by atoms with Crippen LogP contribution in [-0.2, 0) is 40.0 Å². The number of aliphatic carboxylic acids is 1. The Morgan fingerprint density at radius 1 is 0.764 bits per heavy atom. The van der Waals surface area contributed by atoms with Gasteiger partial charge in [0.1, 0.15) is 42.0 Å². The quantitative estimate of drug-likeness (QED) is 0.128. The van der Waals surface area contributed by atoms with E-state index < -0.39 is 83.7 Å². The summed E-state index contributed by atoms with van der Waals surface area (Å²) in [5.41, 5.74) is 6.81. The fraction of sp³-hybridized carbons (Fsp3) is 0.658. The zero-order valence-corrected chi connectivity index (χ0v) is 33.0. The van der Waals surface area contributed by atoms with Crippen molar-refractivity contribution in [2.45, 2.75) is 121 Å². The molecule has 17 heteroatoms. The molecule has 0 bridgehead atoms. The first kappa shape index (κ1) is 43.3. The van der Waals surface area contributed by atoms with Crippen LogP contribution in [0.5, 0.6) is 5.75 Å². The third-order valence-corrected chi connectivity index (χ3v) is 11.2. The number of aromatic hydroxyl groups is 1. The summed E-state index contributed by atoms with van der Waals surface area (Å²) < 4.78 is 0. The molecule has 0 unspecified atom stereocenters. The van der Waals surface area contributed by atoms with Crippen LogP contribution in [0.2, 0.25) is 0 Å². The molecule has 3 heterocycles. The third-order valence-electron chi connectivity index (χ3n) is 10.5. The van der Waals surface area contributed by atoms with Crippen molar-refractivity contribution in [3.63, 3.8) is 0 Å². The van der Waals surface area contributed by atoms with Crippen molar-refractivity contribution in [2.24, 2.45) is 11.7 Å². The molecule has 0 aliphatic carbocycles. The highest BCUT2D eigenvalue weighted by atomic mass is 32.2. The second-order valence-electron chi connectivity index (χ2n) is 15.1. The summed E-state index contributed by atoms with van der Waals surface area (Å²) in [5, 5.41) is 27.7. The number of nitrogens with one attached hydrogen (secondary N) is 3. The van der Waals surface area contributed by atoms with E-state index in [4.69, 9.17) is 5.73 Å². The van der Waals surface area contributed by atoms with E-state index in [1.54, 1.807) is 23.9 Å². The molecule has 0 spiro atoms. The lowest BCUT2D eigenvalue weighted by Gasteiger charge is -2.33. The molecule has 304 valence electrons. The van der Waals surface area contributed by atoms with Gasteiger partial charge in [0.15, 0.2) is 0 Å². The Bertz CT molecular complexity index is 1560. The summed E-state index contributed by atoms with van der Waals surface area (Å²) in [6.07, 6.45) is 5.31. The molecule has 7 atom stereocenters. The van der Waals surface area contributed by atoms with Crippen molar-refractivity contribution in [2.75, 3.05) is 31.6 Å². The highest BCUT2D eigenvalue weighted by Crippen LogP contribution is 2.24. The number of carbonyl (C=O) groups excluding carboxylic acids is 6. The van der Waals surface area contributed by atoms with Gasteiger partial charge in [0, 0.05) is 26.1 Å². The first-order valence-corrected chi connectivity index (χ1v) is 20.6. The molecular formula is C38H57N7O9S. The highest BCUT2D eigenvalue weighted by molar-refractivity contribution is 7.98. The van der Waals surface area contributed by atoms with Gasteiger partial charge in [-0.2, -0.15) is 11.8 Å². The smallest absolute Gasteiger partial charge is 0.326 e. The highest BCUT2D eigenvalue weighted by Gasteiger charge is 2.43. The zero-order chi connectivity index (χ0) is 40.4. The molecule has 3 aliphatic rings. The lowest BCUT2D eigenvalue weighted by Crippen LogP contribution is -2.59. The van der Waals surface area contributed by atoms with E-state index in [0.717, 1.165) is 0 Å². The Hall–Kier alpha value is -4.38. The Morgan fingerprint density at radius 2 is 1.27 bits per heavy atom. The van der Waals surface area contributed by atoms with Gasteiger partial charge in [-0.15, -0.1) is 0 Å². The van der Waals surface area contributed by atoms with Gasteiger partial charge in [-0.05, 0) is 93.9 Å². The molecular weight excluding hydrogens is 731 g/mol. The Balaban J connectivity index is 1.46. The number of benzene rings is 1. The molecule has 1 aromatic carbocycles. The number of hydrogen-bond donors (Lipinski definition) is 6. The second-order valence-corrected chi connectivity index (χ2v) is 16.1. The number of phenolic OH excluding ortho intramolecular Hbond substituents is 1. The minimum absolute atomic E-state index is 0.0223. The van der Waals surface area contributed by atoms with E-state index in [9.17, 15) is 43.8 Å². The van der Waals surface area contributed by atoms with E-state index in [1.165, 1.54) is 33.8 Å². The van der Waals surface area contributed by atoms with Crippen molar-refractivity contribution in [1.29, 1.82) is 0 Å². The Kier molecular flexibility index (Phi) is 15.7. The number of rotatable bonds is 17. The average molecular weight is 788 g/mol. The zero-order valence-electron chi connectivity index (χ0n) is 32.2. The summed E-state index contributed by atoms with van der Waals surface area (Å²) in [7, 11) is 0. The number of carboxylic acids is 1. The third kappa shape index (κ3) is 11.3. The summed E-state index contributed by atoms with van der Waals surface area (Å²) in [5.74, 6) is -3.36. The number of nitrogens with zero attached hydrogens (tertiary/aromatic N) is 3. The molecule has 0 aromatic heterocycles. The molecule has 6 amide bonds. The number of thioether (sulfide) groups is 1. The number of carboxylic acid groups (broad SMARTS) is 1. The lowest BCUT2D eigenvalue weighted by atomic mass is 10.0. The van der Waals surface area contributed by atoms with Crippen LogP contribution in [0, 0.1) is 5.92 Å². The van der Waals surface area contributed by atoms with Gasteiger partial charge in [-0.25, -0.2) is 4.79 Å². The van der Waals surface area contributed by atoms with E-state index in [0.29, 0.717) is 56.3 Å². The second kappa shape index (κ2) is 20.0. The van der Waals surface area contributed by atoms with Crippen LogP contribution in [0.4, 0.5) is 0 Å². The predicted molar refractivity (Wildman–Crippen MR) is 206 cm³/mol. The number of phenols is 1. The van der Waals surface area contributed by atoms with Crippen LogP contribution in [0.25, 0.3) is 0 Å². The maximum Gasteiger partial charge on any atom is 0.326 e. The van der Waals surface area contributed by atoms with Crippen LogP contribution < -0.4 is 21.7 Å². The molecule has 0 saturated carbocycles. The number of likely N-dealkylation sites (tertiary alicyclic amines) is 3. The molecule has 3 fully saturated rings. The van der Waals surface area contributed by atoms with Gasteiger partial charge >= 0.3 is 5.97 Å². The van der Waals surface area contributed by atoms with Gasteiger partial charge in [0.25, 0.3) is 0 Å². The van der Waals surface area contributed by atoms with Crippen molar-refractivity contribution >= 4 is 53.2 Å². The molecule has 0 radical (unpaired) electrons. The largest absolute Gasteiger partial charge is 0.508 e. The van der Waals surface area contributed by atoms with Crippen molar-refractivity contribution < 1.29 is 43.8 Å². The number of nitrogens with two attached hydrogens (primary N) is 1. The molecule has 3 saturated heterocycles. The first-order valence-electron chi connectivity index (χ1n) is 19.2. The molecule has 7 N–H and O–H groups in total. The fourth-order valence-corrected chi connectivity index (χ4v) is 8.09. The summed E-state index contributed by atoms with van der Waals surface area (Å²) >= 11 is 1.55. The van der Waals surface area contributed by atoms with E-state index in [1.807, 2.05) is 20.1 Å². The predicted octanol–water partition coefficient (Wildman–Crippen LogP) is 0.593. The molecule has 55 heavy (non-hydrogen) atoms. The molecule has 16 nitrogen and oxygen atoms in total. The molecule has 3 aliphatic heterocycles. The van der Waals surface area contributed by atoms with E-state index in [2.05, 4.69) is 16.0 Å². The number of amides is 6. The van der Waals surface area contributed by atoms with E-state index in [-0.39, 0.29) is 44.1 Å². The maximum absolute atomic E-state index is 14.2. The van der Waals surface area contributed by atoms with Crippen LogP contribution in [-0.4, -0.2) is 140 Å². The van der Waals surface area contributed by atoms with E-state index >= 15 is 0 Å². The van der Waals surface area contributed by atoms with Crippen LogP contribution in [0.3, 0.4) is 0 Å². The number of hydrogen-bond acceptors (Lipinski definition) is 10. The maximum atomic E-state index is 14.2. The molecule has 4 rings (SSSR count). The van der Waals surface area contributed by atoms with Gasteiger partial charge in [-0.1, -0.05) is 26.0 Å². The minimum Gasteiger partial charge on any atom is -0.508 e. The minimum atomic E-state index is -1.09. The van der Waals surface area contributed by atoms with Crippen LogP contribution in [0.1, 0.15) is 77.7 Å². The summed E-state index contributed by atoms with van der Waals surface area (Å²) in [6, 6.07) is -0.354. The first-order chi connectivity index (χ1) is 26.1. The molecule has 1 aromatic rings. The topological polar surface area (TPSA) is 232 Å². The Labute approximate surface area is 326 Å². The fourth-order valence-electron chi connectivity index (χ4n) is 7.60. The normalized spacial score (nSPS) is 21.9. The standard InChI is InChI=1S/C38H57N7O9S/c1-22(2)20-27(36(51)43-16-5-8-29(43)33(48)40-23(3)35(50)45-18-7-10-31(45)38(53)54)42-34(49)30-9-6-17-44(30)37(52)28(21-24-11-13-25(46)14-12-24)41-32(47)26(39)15-19-55-4/h11-14,22-23,26-31,46H,5-10,15-21,39H2,1-4H3,(H,40,48)(H,41,47)(H,42,49)(H,53,54)/t23-,26-,27-,28-,29-,30-,31-/m0/s1. The van der Waals surface area contributed by atoms with Gasteiger partial charge in [0.05, 0.1) is 6.04 Å². The number of carbonyl (C=O) groups is 7. The van der Waals surface area contributed by atoms with Crippen molar-refractivity contribution in [3.8, 4) is 5.75 Å². The van der Waals surface area contributed by atoms with Gasteiger partial charge < -0.3 is 46.6 Å². The average Bonchev–Trinajstić information content (AvgIpc) is 3.94. The SMILES string of the molecule is CSCC[C@H](N)C(=O)N[C@@H](Cc1ccc(O)cc1)C(=O)N1CCC[C@H]1C(=O)N[C@@H](CC(C)C)C(=O)N1CCC[C@H]1C(=O)N[C@@H](C)C(=O)N1CCC[C@H]1C(=O)O. The van der Waals surface area contributed by atoms with Gasteiger partial charge in [0.2, 0.25) is 35.4 Å². The van der Waals surface area contributed by atoms with Crippen LogP contribution >= 0.6 is 11.8 Å². The van der Waals surface area contributed by atoms with Crippen LogP contribution in [0.15, 0.2) is 24.3 Å². The van der Waals surface area contributed by atoms with Crippen molar-refractivity contribution in [1.82, 2.24) is 30.7 Å². The van der Waals surface area contributed by atoms with Gasteiger partial charge in [-0.3, -0.25) is 28.8 Å². The summed E-state index contributed by atoms with van der Waals surface area (Å²) in [6.45, 7) is 6.12. The van der Waals surface area contributed by atoms with Crippen molar-refractivity contribution in [3.05, 3.63) is 29.8 Å². The monoisotopic (exact) mass is 787 g/mol.